The maximum Gasteiger partial charge on any atom is 0.257 e. The van der Waals surface area contributed by atoms with Crippen molar-refractivity contribution >= 4 is 33.1 Å². The maximum absolute atomic E-state index is 14.5. The summed E-state index contributed by atoms with van der Waals surface area (Å²) >= 11 is 1.50. The Morgan fingerprint density at radius 1 is 1.00 bits per heavy atom. The Labute approximate surface area is 290 Å². The number of halogens is 2. The highest BCUT2D eigenvalue weighted by Gasteiger charge is 2.45. The van der Waals surface area contributed by atoms with Gasteiger partial charge >= 0.3 is 0 Å². The second-order valence-electron chi connectivity index (χ2n) is 13.0. The van der Waals surface area contributed by atoms with Gasteiger partial charge in [-0.25, -0.2) is 13.8 Å². The summed E-state index contributed by atoms with van der Waals surface area (Å²) in [5, 5.41) is 12.9. The number of hydrogen-bond acceptors (Lipinski definition) is 9. The summed E-state index contributed by atoms with van der Waals surface area (Å²) in [5.41, 5.74) is 7.85. The molecule has 1 N–H and O–H groups in total. The third kappa shape index (κ3) is 4.95. The molecule has 6 aromatic rings. The van der Waals surface area contributed by atoms with Crippen molar-refractivity contribution in [2.75, 3.05) is 19.0 Å². The summed E-state index contributed by atoms with van der Waals surface area (Å²) < 4.78 is 40.6. The number of nitrogens with one attached hydrogen (secondary N) is 1. The number of nitrogens with zero attached hydrogens (tertiary/aromatic N) is 5. The number of aromatic nitrogens is 4. The molecule has 1 aliphatic carbocycles. The van der Waals surface area contributed by atoms with Crippen molar-refractivity contribution in [1.82, 2.24) is 25.1 Å². The van der Waals surface area contributed by atoms with Crippen molar-refractivity contribution in [3.8, 4) is 27.8 Å². The van der Waals surface area contributed by atoms with E-state index in [4.69, 9.17) is 19.1 Å². The standard InChI is InChI=1S/C38H32F2N6O3S/c1-19-44-45-36(49-19)30-26(16-10-20-8-11-21(39)12-9-20)42-33-29-7-4-18-46(29)38(47)32(33)31(30)37-43-28-6-3-5-27(35(28)50-37)41-25-17-14-23-22(25)13-15-24(40)34(23)48-2/h3,5-6,8-9,11-13,15,25,29,41H,4,7,10,14,16-18H2,1-2H3/t25?,29-/m1/s1. The lowest BCUT2D eigenvalue weighted by atomic mass is 9.94. The van der Waals surface area contributed by atoms with Gasteiger partial charge in [-0.05, 0) is 80.0 Å². The molecule has 5 heterocycles. The van der Waals surface area contributed by atoms with Crippen molar-refractivity contribution in [2.24, 2.45) is 0 Å². The molecule has 9 rings (SSSR count). The molecule has 2 atom stereocenters. The van der Waals surface area contributed by atoms with Crippen molar-refractivity contribution in [3.63, 3.8) is 0 Å². The average Bonchev–Trinajstić information content (AvgIpc) is 3.96. The maximum atomic E-state index is 14.5. The van der Waals surface area contributed by atoms with Gasteiger partial charge in [-0.3, -0.25) is 9.78 Å². The Hall–Kier alpha value is -5.23. The number of benzene rings is 3. The Morgan fingerprint density at radius 3 is 2.66 bits per heavy atom. The number of amides is 1. The first-order valence-electron chi connectivity index (χ1n) is 16.8. The summed E-state index contributed by atoms with van der Waals surface area (Å²) in [6.07, 6.45) is 4.35. The van der Waals surface area contributed by atoms with Gasteiger partial charge in [0.15, 0.2) is 11.6 Å². The fourth-order valence-corrected chi connectivity index (χ4v) is 8.96. The van der Waals surface area contributed by atoms with E-state index in [0.29, 0.717) is 59.1 Å². The van der Waals surface area contributed by atoms with Crippen LogP contribution in [0.4, 0.5) is 14.5 Å². The molecule has 0 radical (unpaired) electrons. The number of carbonyl (C=O) groups excluding carboxylic acids is 1. The summed E-state index contributed by atoms with van der Waals surface area (Å²) in [7, 11) is 1.50. The minimum atomic E-state index is -0.356. The molecule has 0 spiro atoms. The lowest BCUT2D eigenvalue weighted by Gasteiger charge is -2.17. The predicted octanol–water partition coefficient (Wildman–Crippen LogP) is 8.18. The molecular weight excluding hydrogens is 659 g/mol. The number of aryl methyl sites for hydroxylation is 3. The van der Waals surface area contributed by atoms with Gasteiger partial charge in [0.2, 0.25) is 11.8 Å². The van der Waals surface area contributed by atoms with Gasteiger partial charge < -0.3 is 19.4 Å². The van der Waals surface area contributed by atoms with Gasteiger partial charge in [-0.2, -0.15) is 0 Å². The molecule has 50 heavy (non-hydrogen) atoms. The van der Waals surface area contributed by atoms with Crippen LogP contribution in [0, 0.1) is 18.6 Å². The van der Waals surface area contributed by atoms with Crippen molar-refractivity contribution in [3.05, 3.63) is 106 Å². The van der Waals surface area contributed by atoms with Crippen LogP contribution in [0.3, 0.4) is 0 Å². The summed E-state index contributed by atoms with van der Waals surface area (Å²) in [6, 6.07) is 15.6. The molecule has 3 aliphatic rings. The number of fused-ring (bicyclic) bond motifs is 5. The van der Waals surface area contributed by atoms with Crippen molar-refractivity contribution in [2.45, 2.75) is 57.5 Å². The molecule has 252 valence electrons. The molecule has 12 heteroatoms. The molecular formula is C38H32F2N6O3S. The SMILES string of the molecule is COc1c(F)ccc2c1CCC2Nc1cccc2nc(-c3c4c(nc(CCc5ccc(F)cc5)c3-c3nnc(C)o3)[C@H]3CCCN3C4=O)sc12. The van der Waals surface area contributed by atoms with Gasteiger partial charge in [0.25, 0.3) is 5.91 Å². The molecule has 3 aromatic heterocycles. The molecule has 1 fully saturated rings. The number of hydrogen-bond donors (Lipinski definition) is 1. The van der Waals surface area contributed by atoms with Gasteiger partial charge in [0.05, 0.1) is 57.6 Å². The van der Waals surface area contributed by atoms with E-state index in [9.17, 15) is 13.6 Å². The normalized spacial score (nSPS) is 17.8. The molecule has 9 nitrogen and oxygen atoms in total. The number of thiazole rings is 1. The minimum absolute atomic E-state index is 0.0374. The molecule has 0 bridgehead atoms. The van der Waals surface area contributed by atoms with Crippen LogP contribution >= 0.6 is 11.3 Å². The summed E-state index contributed by atoms with van der Waals surface area (Å²) in [6.45, 7) is 2.40. The van der Waals surface area contributed by atoms with Gasteiger partial charge in [-0.1, -0.05) is 24.3 Å². The molecule has 1 saturated heterocycles. The van der Waals surface area contributed by atoms with Crippen LogP contribution in [0.1, 0.15) is 75.7 Å². The number of rotatable bonds is 8. The van der Waals surface area contributed by atoms with Gasteiger partial charge in [0.1, 0.15) is 10.8 Å². The fraction of sp³-hybridized carbons (Fsp3) is 0.289. The van der Waals surface area contributed by atoms with E-state index in [-0.39, 0.29) is 35.5 Å². The fourth-order valence-electron chi connectivity index (χ4n) is 7.86. The van der Waals surface area contributed by atoms with E-state index >= 15 is 0 Å². The van der Waals surface area contributed by atoms with Crippen LogP contribution in [0.25, 0.3) is 32.2 Å². The van der Waals surface area contributed by atoms with Crippen LogP contribution in [0.5, 0.6) is 5.75 Å². The average molecular weight is 691 g/mol. The zero-order valence-corrected chi connectivity index (χ0v) is 28.2. The van der Waals surface area contributed by atoms with Crippen LogP contribution in [0.15, 0.2) is 59.0 Å². The van der Waals surface area contributed by atoms with Crippen LogP contribution < -0.4 is 10.1 Å². The van der Waals surface area contributed by atoms with E-state index < -0.39 is 0 Å². The van der Waals surface area contributed by atoms with Gasteiger partial charge in [0, 0.05) is 24.6 Å². The monoisotopic (exact) mass is 690 g/mol. The quantitative estimate of drug-likeness (QED) is 0.171. The second-order valence-corrected chi connectivity index (χ2v) is 14.0. The van der Waals surface area contributed by atoms with Gasteiger partial charge in [-0.15, -0.1) is 21.5 Å². The Bertz CT molecular complexity index is 2320. The molecule has 3 aromatic carbocycles. The first kappa shape index (κ1) is 30.8. The highest BCUT2D eigenvalue weighted by atomic mass is 32.1. The lowest BCUT2D eigenvalue weighted by molar-refractivity contribution is 0.0776. The van der Waals surface area contributed by atoms with E-state index in [0.717, 1.165) is 63.2 Å². The van der Waals surface area contributed by atoms with Crippen molar-refractivity contribution < 1.29 is 22.7 Å². The Balaban J connectivity index is 1.20. The van der Waals surface area contributed by atoms with E-state index in [1.54, 1.807) is 19.1 Å². The van der Waals surface area contributed by atoms with Crippen molar-refractivity contribution in [1.29, 1.82) is 0 Å². The Kier molecular flexibility index (Phi) is 7.38. The highest BCUT2D eigenvalue weighted by Crippen LogP contribution is 2.50. The summed E-state index contributed by atoms with van der Waals surface area (Å²) in [5.74, 6) is 0.277. The summed E-state index contributed by atoms with van der Waals surface area (Å²) in [4.78, 5) is 26.5. The Morgan fingerprint density at radius 2 is 1.86 bits per heavy atom. The predicted molar refractivity (Wildman–Crippen MR) is 185 cm³/mol. The zero-order valence-electron chi connectivity index (χ0n) is 27.4. The molecule has 2 aliphatic heterocycles. The smallest absolute Gasteiger partial charge is 0.257 e. The topological polar surface area (TPSA) is 106 Å². The van der Waals surface area contributed by atoms with E-state index in [2.05, 4.69) is 15.5 Å². The number of carbonyl (C=O) groups is 1. The number of ether oxygens (including phenoxy) is 1. The third-order valence-electron chi connectivity index (χ3n) is 10.1. The lowest BCUT2D eigenvalue weighted by Crippen LogP contribution is -2.22. The number of methoxy groups -OCH3 is 1. The first-order chi connectivity index (χ1) is 24.4. The second kappa shape index (κ2) is 12.0. The number of anilines is 1. The van der Waals surface area contributed by atoms with Crippen LogP contribution in [-0.2, 0) is 19.3 Å². The molecule has 1 amide bonds. The van der Waals surface area contributed by atoms with E-state index in [1.807, 2.05) is 29.2 Å². The number of pyridine rings is 1. The largest absolute Gasteiger partial charge is 0.493 e. The molecule has 0 saturated carbocycles. The van der Waals surface area contributed by atoms with Crippen LogP contribution in [-0.4, -0.2) is 44.6 Å². The molecule has 1 unspecified atom stereocenters. The van der Waals surface area contributed by atoms with E-state index in [1.165, 1.54) is 36.6 Å². The highest BCUT2D eigenvalue weighted by molar-refractivity contribution is 7.22. The first-order valence-corrected chi connectivity index (χ1v) is 17.6. The van der Waals surface area contributed by atoms with Crippen LogP contribution in [0.2, 0.25) is 0 Å². The zero-order chi connectivity index (χ0) is 34.1. The third-order valence-corrected chi connectivity index (χ3v) is 11.2. The minimum Gasteiger partial charge on any atom is -0.493 e.